The van der Waals surface area contributed by atoms with Gasteiger partial charge in [0.05, 0.1) is 17.2 Å². The first-order valence-corrected chi connectivity index (χ1v) is 7.63. The Bertz CT molecular complexity index is 758. The molecule has 25 heavy (non-hydrogen) atoms. The number of halogens is 2. The van der Waals surface area contributed by atoms with E-state index in [-0.39, 0.29) is 17.2 Å². The number of amides is 1. The van der Waals surface area contributed by atoms with Crippen LogP contribution in [0, 0.1) is 5.82 Å². The molecule has 0 radical (unpaired) electrons. The number of carbonyl (C=O) groups excluding carboxylic acids is 3. The van der Waals surface area contributed by atoms with Crippen molar-refractivity contribution < 1.29 is 33.0 Å². The van der Waals surface area contributed by atoms with Gasteiger partial charge in [0.1, 0.15) is 5.82 Å². The summed E-state index contributed by atoms with van der Waals surface area (Å²) in [6.45, 7) is 3.95. The molecule has 0 saturated heterocycles. The van der Waals surface area contributed by atoms with Crippen molar-refractivity contribution in [3.8, 4) is 0 Å². The number of carbonyl (C=O) groups is 3. The highest BCUT2D eigenvalue weighted by Crippen LogP contribution is 2.42. The summed E-state index contributed by atoms with van der Waals surface area (Å²) < 4.78 is 29.3. The van der Waals surface area contributed by atoms with Crippen LogP contribution >= 0.6 is 11.6 Å². The van der Waals surface area contributed by atoms with Crippen molar-refractivity contribution in [1.29, 1.82) is 0 Å². The Balaban J connectivity index is 2.47. The first kappa shape index (κ1) is 18.7. The lowest BCUT2D eigenvalue weighted by atomic mass is 9.91. The van der Waals surface area contributed by atoms with Crippen LogP contribution in [-0.4, -0.2) is 24.5 Å². The van der Waals surface area contributed by atoms with Crippen LogP contribution in [0.15, 0.2) is 29.8 Å². The van der Waals surface area contributed by atoms with Gasteiger partial charge in [0.25, 0.3) is 5.78 Å². The van der Waals surface area contributed by atoms with Gasteiger partial charge < -0.3 is 14.2 Å². The molecule has 0 spiro atoms. The predicted octanol–water partition coefficient (Wildman–Crippen LogP) is 2.77. The van der Waals surface area contributed by atoms with Crippen LogP contribution in [0.4, 0.5) is 9.18 Å². The minimum atomic E-state index is -1.93. The second kappa shape index (κ2) is 7.10. The van der Waals surface area contributed by atoms with E-state index in [1.807, 2.05) is 0 Å². The Hall–Kier alpha value is -2.61. The fraction of sp³-hybridized carbons (Fsp3) is 0.312. The van der Waals surface area contributed by atoms with E-state index in [0.29, 0.717) is 0 Å². The Morgan fingerprint density at radius 1 is 1.40 bits per heavy atom. The van der Waals surface area contributed by atoms with Gasteiger partial charge in [-0.3, -0.25) is 14.9 Å². The first-order valence-electron chi connectivity index (χ1n) is 7.25. The van der Waals surface area contributed by atoms with Crippen LogP contribution in [0.3, 0.4) is 0 Å². The number of ketones is 1. The summed E-state index contributed by atoms with van der Waals surface area (Å²) in [5.41, 5.74) is -2.17. The monoisotopic (exact) mass is 371 g/mol. The SMILES string of the molecule is CCOC(=O)NC1=C(OC(C)=O)C(=O)C(C)(c2c(F)cccc2Cl)O1. The number of esters is 1. The largest absolute Gasteiger partial charge is 0.456 e. The molecule has 0 aliphatic carbocycles. The summed E-state index contributed by atoms with van der Waals surface area (Å²) in [5.74, 6) is -3.51. The molecule has 7 nitrogen and oxygen atoms in total. The lowest BCUT2D eigenvalue weighted by Gasteiger charge is -2.25. The van der Waals surface area contributed by atoms with Crippen molar-refractivity contribution >= 4 is 29.4 Å². The lowest BCUT2D eigenvalue weighted by molar-refractivity contribution is -0.142. The number of benzene rings is 1. The summed E-state index contributed by atoms with van der Waals surface area (Å²) in [5, 5.41) is 2.10. The molecule has 1 aliphatic rings. The smallest absolute Gasteiger partial charge is 0.414 e. The van der Waals surface area contributed by atoms with Crippen molar-refractivity contribution in [3.05, 3.63) is 46.2 Å². The summed E-state index contributed by atoms with van der Waals surface area (Å²) >= 11 is 6.01. The molecule has 1 N–H and O–H groups in total. The molecule has 1 aromatic carbocycles. The first-order chi connectivity index (χ1) is 11.7. The molecule has 0 fully saturated rings. The topological polar surface area (TPSA) is 90.9 Å². The van der Waals surface area contributed by atoms with E-state index in [1.54, 1.807) is 6.92 Å². The van der Waals surface area contributed by atoms with E-state index in [1.165, 1.54) is 19.1 Å². The number of rotatable bonds is 4. The summed E-state index contributed by atoms with van der Waals surface area (Å²) in [6.07, 6.45) is -0.932. The van der Waals surface area contributed by atoms with Gasteiger partial charge in [-0.1, -0.05) is 17.7 Å². The average Bonchev–Trinajstić information content (AvgIpc) is 2.72. The van der Waals surface area contributed by atoms with Gasteiger partial charge in [-0.2, -0.15) is 0 Å². The Labute approximate surface area is 147 Å². The number of Topliss-reactive ketones (excluding diaryl/α,β-unsaturated/α-hetero) is 1. The summed E-state index contributed by atoms with van der Waals surface area (Å²) in [6, 6.07) is 3.84. The number of ether oxygens (including phenoxy) is 3. The number of hydrogen-bond acceptors (Lipinski definition) is 6. The molecule has 1 unspecified atom stereocenters. The Morgan fingerprint density at radius 3 is 2.64 bits per heavy atom. The molecule has 9 heteroatoms. The van der Waals surface area contributed by atoms with Crippen LogP contribution in [0.1, 0.15) is 26.3 Å². The van der Waals surface area contributed by atoms with Crippen LogP contribution in [-0.2, 0) is 29.4 Å². The molecule has 1 heterocycles. The third-order valence-corrected chi connectivity index (χ3v) is 3.64. The molecule has 1 aliphatic heterocycles. The second-order valence-electron chi connectivity index (χ2n) is 5.16. The Morgan fingerprint density at radius 2 is 2.08 bits per heavy atom. The van der Waals surface area contributed by atoms with Gasteiger partial charge in [-0.05, 0) is 26.0 Å². The highest BCUT2D eigenvalue weighted by atomic mass is 35.5. The van der Waals surface area contributed by atoms with Gasteiger partial charge in [-0.25, -0.2) is 9.18 Å². The molecule has 2 rings (SSSR count). The molecule has 1 aromatic rings. The van der Waals surface area contributed by atoms with Gasteiger partial charge in [0.2, 0.25) is 17.2 Å². The molecular weight excluding hydrogens is 357 g/mol. The van der Waals surface area contributed by atoms with E-state index >= 15 is 0 Å². The number of alkyl carbamates (subject to hydrolysis) is 1. The molecule has 0 aromatic heterocycles. The van der Waals surface area contributed by atoms with Crippen molar-refractivity contribution in [2.45, 2.75) is 26.4 Å². The lowest BCUT2D eigenvalue weighted by Crippen LogP contribution is -2.34. The van der Waals surface area contributed by atoms with E-state index in [4.69, 9.17) is 25.8 Å². The summed E-state index contributed by atoms with van der Waals surface area (Å²) in [4.78, 5) is 35.6. The van der Waals surface area contributed by atoms with Crippen molar-refractivity contribution in [3.63, 3.8) is 0 Å². The van der Waals surface area contributed by atoms with E-state index < -0.39 is 40.9 Å². The molecule has 0 saturated carbocycles. The standard InChI is InChI=1S/C16H15ClFNO6/c1-4-23-15(22)19-14-12(24-8(2)20)13(21)16(3,25-14)11-9(17)6-5-7-10(11)18/h5-7H,4H2,1-3H3,(H,19,22). The normalized spacial score (nSPS) is 19.5. The van der Waals surface area contributed by atoms with E-state index in [2.05, 4.69) is 5.32 Å². The number of hydrogen-bond donors (Lipinski definition) is 1. The second-order valence-corrected chi connectivity index (χ2v) is 5.57. The maximum atomic E-state index is 14.3. The predicted molar refractivity (Wildman–Crippen MR) is 83.8 cm³/mol. The fourth-order valence-corrected chi connectivity index (χ4v) is 2.66. The van der Waals surface area contributed by atoms with Gasteiger partial charge >= 0.3 is 12.1 Å². The maximum absolute atomic E-state index is 14.3. The van der Waals surface area contributed by atoms with Crippen LogP contribution in [0.2, 0.25) is 5.02 Å². The van der Waals surface area contributed by atoms with Crippen molar-refractivity contribution in [2.75, 3.05) is 6.61 Å². The van der Waals surface area contributed by atoms with Crippen molar-refractivity contribution in [1.82, 2.24) is 5.32 Å². The van der Waals surface area contributed by atoms with Gasteiger partial charge in [0, 0.05) is 6.92 Å². The van der Waals surface area contributed by atoms with Crippen LogP contribution in [0.25, 0.3) is 0 Å². The average molecular weight is 372 g/mol. The van der Waals surface area contributed by atoms with Gasteiger partial charge in [0.15, 0.2) is 0 Å². The maximum Gasteiger partial charge on any atom is 0.414 e. The van der Waals surface area contributed by atoms with Gasteiger partial charge in [-0.15, -0.1) is 0 Å². The third-order valence-electron chi connectivity index (χ3n) is 3.33. The summed E-state index contributed by atoms with van der Waals surface area (Å²) in [7, 11) is 0. The molecule has 1 amide bonds. The fourth-order valence-electron chi connectivity index (χ4n) is 2.31. The minimum absolute atomic E-state index is 0.0598. The highest BCUT2D eigenvalue weighted by Gasteiger charge is 2.52. The quantitative estimate of drug-likeness (QED) is 0.818. The molecule has 134 valence electrons. The Kier molecular flexibility index (Phi) is 5.32. The van der Waals surface area contributed by atoms with Crippen LogP contribution < -0.4 is 5.32 Å². The molecule has 1 atom stereocenters. The molecule has 0 bridgehead atoms. The number of nitrogens with one attached hydrogen (secondary N) is 1. The zero-order valence-electron chi connectivity index (χ0n) is 13.6. The van der Waals surface area contributed by atoms with Crippen LogP contribution in [0.5, 0.6) is 0 Å². The zero-order chi connectivity index (χ0) is 18.8. The third kappa shape index (κ3) is 3.58. The zero-order valence-corrected chi connectivity index (χ0v) is 14.4. The highest BCUT2D eigenvalue weighted by molar-refractivity contribution is 6.32. The van der Waals surface area contributed by atoms with Crippen molar-refractivity contribution in [2.24, 2.45) is 0 Å². The van der Waals surface area contributed by atoms with E-state index in [0.717, 1.165) is 13.0 Å². The van der Waals surface area contributed by atoms with E-state index in [9.17, 15) is 18.8 Å². The minimum Gasteiger partial charge on any atom is -0.456 e. The molecular formula is C16H15ClFNO6.